The van der Waals surface area contributed by atoms with Crippen LogP contribution in [0.2, 0.25) is 0 Å². The number of fused-ring (bicyclic) bond motifs is 1. The monoisotopic (exact) mass is 535 g/mol. The van der Waals surface area contributed by atoms with Crippen LogP contribution >= 0.6 is 12.2 Å². The summed E-state index contributed by atoms with van der Waals surface area (Å²) in [6, 6.07) is 30.6. The third-order valence-electron chi connectivity index (χ3n) is 6.57. The van der Waals surface area contributed by atoms with Gasteiger partial charge in [-0.25, -0.2) is 4.98 Å². The van der Waals surface area contributed by atoms with Crippen molar-refractivity contribution in [2.24, 2.45) is 0 Å². The van der Waals surface area contributed by atoms with Crippen LogP contribution in [0, 0.1) is 0 Å². The van der Waals surface area contributed by atoms with Crippen LogP contribution in [-0.4, -0.2) is 16.0 Å². The summed E-state index contributed by atoms with van der Waals surface area (Å²) in [5, 5.41) is 5.97. The summed E-state index contributed by atoms with van der Waals surface area (Å²) in [5.41, 5.74) is 6.02. The van der Waals surface area contributed by atoms with E-state index in [-0.39, 0.29) is 11.0 Å². The van der Waals surface area contributed by atoms with Crippen molar-refractivity contribution < 1.29 is 13.9 Å². The number of oxazole rings is 1. The van der Waals surface area contributed by atoms with Crippen LogP contribution < -0.4 is 15.4 Å². The van der Waals surface area contributed by atoms with Gasteiger partial charge in [0.25, 0.3) is 5.91 Å². The average molecular weight is 536 g/mol. The summed E-state index contributed by atoms with van der Waals surface area (Å²) in [6.45, 7) is 4.85. The number of hydrogen-bond acceptors (Lipinski definition) is 5. The number of ether oxygens (including phenoxy) is 1. The van der Waals surface area contributed by atoms with Crippen molar-refractivity contribution in [3.63, 3.8) is 0 Å². The van der Waals surface area contributed by atoms with Crippen LogP contribution in [0.5, 0.6) is 5.75 Å². The first kappa shape index (κ1) is 26.1. The Labute approximate surface area is 233 Å². The lowest BCUT2D eigenvalue weighted by Crippen LogP contribution is -2.34. The van der Waals surface area contributed by atoms with Crippen molar-refractivity contribution in [3.05, 3.63) is 114 Å². The second-order valence-electron chi connectivity index (χ2n) is 9.34. The molecule has 0 aliphatic carbocycles. The summed E-state index contributed by atoms with van der Waals surface area (Å²) in [5.74, 6) is 1.42. The molecular formula is C32H29N3O3S. The van der Waals surface area contributed by atoms with Gasteiger partial charge in [-0.15, -0.1) is 0 Å². The van der Waals surface area contributed by atoms with E-state index in [1.165, 1.54) is 5.56 Å². The molecule has 0 saturated carbocycles. The minimum absolute atomic E-state index is 0.205. The van der Waals surface area contributed by atoms with Gasteiger partial charge in [0.05, 0.1) is 0 Å². The molecule has 5 rings (SSSR count). The SMILES string of the molecule is CC[C@H](C)c1ccc2oc(-c3ccc(NC(=S)NC(=O)c4ccc(OCc5ccccc5)cc4)cc3)nc2c1. The number of aromatic nitrogens is 1. The molecule has 0 unspecified atom stereocenters. The number of nitrogens with one attached hydrogen (secondary N) is 2. The highest BCUT2D eigenvalue weighted by Gasteiger charge is 2.12. The third-order valence-corrected chi connectivity index (χ3v) is 6.78. The molecule has 0 radical (unpaired) electrons. The van der Waals surface area contributed by atoms with Crippen molar-refractivity contribution in [1.29, 1.82) is 0 Å². The molecule has 4 aromatic carbocycles. The maximum atomic E-state index is 12.6. The van der Waals surface area contributed by atoms with E-state index in [0.717, 1.165) is 34.3 Å². The summed E-state index contributed by atoms with van der Waals surface area (Å²) >= 11 is 5.35. The Morgan fingerprint density at radius 1 is 0.974 bits per heavy atom. The van der Waals surface area contributed by atoms with E-state index < -0.39 is 0 Å². The smallest absolute Gasteiger partial charge is 0.257 e. The Balaban J connectivity index is 1.16. The molecule has 0 spiro atoms. The fourth-order valence-corrected chi connectivity index (χ4v) is 4.30. The molecular weight excluding hydrogens is 506 g/mol. The number of carbonyl (C=O) groups is 1. The van der Waals surface area contributed by atoms with Crippen molar-refractivity contribution in [2.45, 2.75) is 32.8 Å². The Kier molecular flexibility index (Phi) is 7.99. The molecule has 2 N–H and O–H groups in total. The lowest BCUT2D eigenvalue weighted by molar-refractivity contribution is 0.0977. The highest BCUT2D eigenvalue weighted by Crippen LogP contribution is 2.28. The Morgan fingerprint density at radius 3 is 2.44 bits per heavy atom. The summed E-state index contributed by atoms with van der Waals surface area (Å²) in [6.07, 6.45) is 1.07. The molecule has 7 heteroatoms. The van der Waals surface area contributed by atoms with Crippen LogP contribution in [0.3, 0.4) is 0 Å². The molecule has 0 aliphatic heterocycles. The second kappa shape index (κ2) is 11.9. The van der Waals surface area contributed by atoms with Gasteiger partial charge in [0, 0.05) is 16.8 Å². The number of anilines is 1. The standard InChI is InChI=1S/C32H29N3O3S/c1-3-21(2)25-13-18-29-28(19-25)34-31(38-29)24-9-14-26(15-10-24)33-32(39)35-30(36)23-11-16-27(17-12-23)37-20-22-7-5-4-6-8-22/h4-19,21H,3,20H2,1-2H3,(H2,33,35,36,39)/t21-/m0/s1. The molecule has 0 bridgehead atoms. The summed E-state index contributed by atoms with van der Waals surface area (Å²) in [7, 11) is 0. The van der Waals surface area contributed by atoms with Crippen LogP contribution in [0.15, 0.2) is 101 Å². The molecule has 1 aromatic heterocycles. The van der Waals surface area contributed by atoms with Gasteiger partial charge in [-0.2, -0.15) is 0 Å². The Morgan fingerprint density at radius 2 is 1.72 bits per heavy atom. The first-order valence-electron chi connectivity index (χ1n) is 12.9. The van der Waals surface area contributed by atoms with Gasteiger partial charge in [0.15, 0.2) is 10.7 Å². The molecule has 1 heterocycles. The van der Waals surface area contributed by atoms with Crippen LogP contribution in [0.4, 0.5) is 5.69 Å². The predicted octanol–water partition coefficient (Wildman–Crippen LogP) is 7.71. The van der Waals surface area contributed by atoms with Gasteiger partial charge in [0.2, 0.25) is 5.89 Å². The van der Waals surface area contributed by atoms with Crippen LogP contribution in [0.25, 0.3) is 22.6 Å². The van der Waals surface area contributed by atoms with Gasteiger partial charge in [-0.3, -0.25) is 10.1 Å². The molecule has 5 aromatic rings. The normalized spacial score (nSPS) is 11.6. The first-order valence-corrected chi connectivity index (χ1v) is 13.3. The van der Waals surface area contributed by atoms with Crippen molar-refractivity contribution in [2.75, 3.05) is 5.32 Å². The topological polar surface area (TPSA) is 76.4 Å². The Bertz CT molecular complexity index is 1580. The molecule has 6 nitrogen and oxygen atoms in total. The van der Waals surface area contributed by atoms with Crippen molar-refractivity contribution >= 4 is 40.0 Å². The zero-order chi connectivity index (χ0) is 27.2. The maximum absolute atomic E-state index is 12.6. The number of rotatable bonds is 8. The van der Waals surface area contributed by atoms with E-state index in [0.29, 0.717) is 29.7 Å². The van der Waals surface area contributed by atoms with Gasteiger partial charge in [-0.05, 0) is 96.3 Å². The van der Waals surface area contributed by atoms with Crippen molar-refractivity contribution in [1.82, 2.24) is 10.3 Å². The quantitative estimate of drug-likeness (QED) is 0.198. The molecule has 196 valence electrons. The molecule has 0 aliphatic rings. The second-order valence-corrected chi connectivity index (χ2v) is 9.75. The first-order chi connectivity index (χ1) is 19.0. The van der Waals surface area contributed by atoms with Gasteiger partial charge in [-0.1, -0.05) is 50.2 Å². The molecule has 0 saturated heterocycles. The lowest BCUT2D eigenvalue weighted by atomic mass is 9.98. The van der Waals surface area contributed by atoms with Crippen LogP contribution in [-0.2, 0) is 6.61 Å². The Hall–Kier alpha value is -4.49. The number of thiocarbonyl (C=S) groups is 1. The average Bonchev–Trinajstić information content (AvgIpc) is 3.40. The molecule has 1 amide bonds. The number of hydrogen-bond donors (Lipinski definition) is 2. The van der Waals surface area contributed by atoms with E-state index in [1.54, 1.807) is 24.3 Å². The zero-order valence-corrected chi connectivity index (χ0v) is 22.6. The number of carbonyl (C=O) groups excluding carboxylic acids is 1. The van der Waals surface area contributed by atoms with Crippen LogP contribution in [0.1, 0.15) is 47.7 Å². The molecule has 0 fully saturated rings. The van der Waals surface area contributed by atoms with Gasteiger partial charge in [0.1, 0.15) is 17.9 Å². The van der Waals surface area contributed by atoms with E-state index in [1.807, 2.05) is 60.7 Å². The molecule has 39 heavy (non-hydrogen) atoms. The fraction of sp³-hybridized carbons (Fsp3) is 0.156. The lowest BCUT2D eigenvalue weighted by Gasteiger charge is -2.11. The number of nitrogens with zero attached hydrogens (tertiary/aromatic N) is 1. The van der Waals surface area contributed by atoms with E-state index in [4.69, 9.17) is 21.4 Å². The van der Waals surface area contributed by atoms with Gasteiger partial charge < -0.3 is 14.5 Å². The van der Waals surface area contributed by atoms with E-state index >= 15 is 0 Å². The molecule has 1 atom stereocenters. The minimum atomic E-state index is -0.304. The summed E-state index contributed by atoms with van der Waals surface area (Å²) in [4.78, 5) is 17.3. The predicted molar refractivity (Wildman–Crippen MR) is 159 cm³/mol. The minimum Gasteiger partial charge on any atom is -0.489 e. The van der Waals surface area contributed by atoms with Gasteiger partial charge >= 0.3 is 0 Å². The third kappa shape index (κ3) is 6.51. The van der Waals surface area contributed by atoms with E-state index in [9.17, 15) is 4.79 Å². The fourth-order valence-electron chi connectivity index (χ4n) is 4.09. The highest BCUT2D eigenvalue weighted by molar-refractivity contribution is 7.80. The zero-order valence-electron chi connectivity index (χ0n) is 21.8. The van der Waals surface area contributed by atoms with E-state index in [2.05, 4.69) is 41.6 Å². The largest absolute Gasteiger partial charge is 0.489 e. The number of amides is 1. The highest BCUT2D eigenvalue weighted by atomic mass is 32.1. The van der Waals surface area contributed by atoms with Crippen molar-refractivity contribution in [3.8, 4) is 17.2 Å². The number of benzene rings is 4. The maximum Gasteiger partial charge on any atom is 0.257 e. The summed E-state index contributed by atoms with van der Waals surface area (Å²) < 4.78 is 11.8.